The molecule has 0 amide bonds. The maximum absolute atomic E-state index is 10.8. The normalized spacial score (nSPS) is 28.3. The molecule has 100 heavy (non-hydrogen) atoms. The van der Waals surface area contributed by atoms with Crippen LogP contribution in [0, 0.1) is 0 Å². The number of hydrogen-bond acceptors (Lipinski definition) is 15. The molecule has 0 spiro atoms. The number of carbonyl (C=O) groups excluding carboxylic acids is 2. The summed E-state index contributed by atoms with van der Waals surface area (Å²) in [6.07, 6.45) is 30.9. The number of Topliss-reactive ketones (excluding diaryl/α,β-unsaturated/α-hetero) is 2. The van der Waals surface area contributed by atoms with E-state index < -0.39 is 0 Å². The number of hydrogen-bond donors (Lipinski definition) is 10. The Morgan fingerprint density at radius 1 is 0.460 bits per heavy atom. The first-order valence-electron chi connectivity index (χ1n) is 35.7. The second kappa shape index (κ2) is 55.5. The second-order valence-electron chi connectivity index (χ2n) is 27.4. The van der Waals surface area contributed by atoms with Gasteiger partial charge < -0.3 is 54.0 Å². The van der Waals surface area contributed by atoms with Gasteiger partial charge in [-0.05, 0) is 127 Å². The number of rotatable bonds is 7. The number of nitrogens with zero attached hydrogens (tertiary/aromatic N) is 5. The van der Waals surface area contributed by atoms with Crippen LogP contribution in [0.3, 0.4) is 0 Å². The van der Waals surface area contributed by atoms with Crippen LogP contribution < -0.4 is 54.0 Å². The molecular formula is C73H131Cl8Mn2N15O2+2. The summed E-state index contributed by atoms with van der Waals surface area (Å²) in [4.78, 5) is 35.7. The topological polar surface area (TPSA) is 227 Å². The Labute approximate surface area is 658 Å². The van der Waals surface area contributed by atoms with Gasteiger partial charge in [0.15, 0.2) is 35.1 Å². The standard InChI is InChI=1S/C25H41N5.C23H39N5.C14H30N4.C9H9NO2.2CH4.8ClH.2Mn/c1-18-20-12-9-13-21(28-20)19(2)30(4)25-15-8-6-11-23(25)27-17-16-26-22-10-5-7-14-24(22)29(18)3;1-16-18-12-7-13-19(28-18)17(2)27-23-11-6-4-9-21(23)25-15-14-24-20-8-3-5-10-22(20)26-16;15-11-5-1-3-7-13(11)17-9-10-18-14-8-4-2-6-12(14)16;1-6(11)8-4-3-5-9(10-8)7(2)12;;;;;;;;;;;;/h9,12-13,22-27H,5-8,10-11,14-17H2,1-4H3;7,12-13,16-17,20-27H,3-6,8-11,14-15H2,1-2H3;11-14,17-18H,1-10,15-16H2;3-5H,1-2H3;2*1H4;8*1H;;/q+2;;;;;;;;;;;;;;2*+2/p-4/t;16-,17-,20?,21?,22?,23?;11-,12-,13?,14?;;;;;;;;;;;;;/m.01............./s1. The molecule has 17 nitrogen and oxygen atoms in total. The van der Waals surface area contributed by atoms with Crippen LogP contribution >= 0.6 is 90.0 Å². The second-order valence-corrected chi connectivity index (χ2v) is 31.3. The summed E-state index contributed by atoms with van der Waals surface area (Å²) in [7, 11) is 23.7. The third-order valence-corrected chi connectivity index (χ3v) is 21.1. The molecule has 3 aromatic heterocycles. The van der Waals surface area contributed by atoms with E-state index in [0.717, 1.165) is 50.7 Å². The van der Waals surface area contributed by atoms with Crippen molar-refractivity contribution in [2.24, 2.45) is 11.5 Å². The first kappa shape index (κ1) is 99.1. The molecular weight excluding hydrogens is 1510 g/mol. The van der Waals surface area contributed by atoms with Crippen molar-refractivity contribution in [3.05, 3.63) is 88.8 Å². The van der Waals surface area contributed by atoms with Crippen LogP contribution in [0.5, 0.6) is 0 Å². The van der Waals surface area contributed by atoms with E-state index in [-0.39, 0.29) is 114 Å². The molecule has 3 aromatic rings. The summed E-state index contributed by atoms with van der Waals surface area (Å²) in [6.45, 7) is 18.1. The summed E-state index contributed by atoms with van der Waals surface area (Å²) in [5.74, 6) is -0.254. The average Bonchev–Trinajstić information content (AvgIpc) is 1.51. The first-order valence-corrected chi connectivity index (χ1v) is 42.2. The minimum absolute atomic E-state index is 0. The van der Waals surface area contributed by atoms with Gasteiger partial charge in [-0.3, -0.25) is 14.6 Å². The van der Waals surface area contributed by atoms with Crippen LogP contribution in [0.4, 0.5) is 0 Å². The Hall–Kier alpha value is -0.911. The van der Waals surface area contributed by atoms with E-state index in [9.17, 15) is 9.59 Å². The van der Waals surface area contributed by atoms with Gasteiger partial charge in [-0.2, -0.15) is 0 Å². The molecule has 8 aliphatic rings. The molecule has 6 saturated carbocycles. The molecule has 578 valence electrons. The number of ketones is 2. The van der Waals surface area contributed by atoms with Crippen molar-refractivity contribution in [1.29, 1.82) is 0 Å². The van der Waals surface area contributed by atoms with Crippen molar-refractivity contribution in [2.75, 3.05) is 53.4 Å². The molecule has 6 fully saturated rings. The Kier molecular flexibility index (Phi) is 55.0. The summed E-state index contributed by atoms with van der Waals surface area (Å²) in [5.41, 5.74) is 20.1. The van der Waals surface area contributed by atoms with Crippen LogP contribution in [0.2, 0.25) is 0 Å². The van der Waals surface area contributed by atoms with Gasteiger partial charge in [-0.15, -0.1) is 49.6 Å². The van der Waals surface area contributed by atoms with Gasteiger partial charge >= 0.3 is 66.7 Å². The predicted molar refractivity (Wildman–Crippen MR) is 426 cm³/mol. The molecule has 0 aromatic carbocycles. The zero-order chi connectivity index (χ0) is 67.8. The Morgan fingerprint density at radius 2 is 0.760 bits per heavy atom. The van der Waals surface area contributed by atoms with E-state index >= 15 is 0 Å². The van der Waals surface area contributed by atoms with Crippen molar-refractivity contribution in [3.63, 3.8) is 0 Å². The number of fused-ring (bicyclic) bond motifs is 8. The fraction of sp³-hybridized carbons (Fsp3) is 0.740. The van der Waals surface area contributed by atoms with E-state index in [4.69, 9.17) is 61.8 Å². The van der Waals surface area contributed by atoms with Gasteiger partial charge in [0.05, 0.1) is 23.5 Å². The number of pyridine rings is 3. The van der Waals surface area contributed by atoms with Crippen molar-refractivity contribution in [1.82, 2.24) is 57.5 Å². The zero-order valence-corrected chi connectivity index (χ0v) is 68.3. The van der Waals surface area contributed by atoms with Gasteiger partial charge in [0.1, 0.15) is 36.9 Å². The van der Waals surface area contributed by atoms with Crippen molar-refractivity contribution in [2.45, 2.75) is 295 Å². The van der Waals surface area contributed by atoms with E-state index in [1.54, 1.807) is 18.2 Å². The summed E-state index contributed by atoms with van der Waals surface area (Å²) in [6, 6.07) is 24.7. The van der Waals surface area contributed by atoms with E-state index in [1.807, 2.05) is 0 Å². The molecule has 12 N–H and O–H groups in total. The third kappa shape index (κ3) is 33.3. The van der Waals surface area contributed by atoms with Crippen molar-refractivity contribution < 1.29 is 45.0 Å². The summed E-state index contributed by atoms with van der Waals surface area (Å²) < 4.78 is 4.99. The molecule has 0 saturated heterocycles. The van der Waals surface area contributed by atoms with Crippen LogP contribution in [0.15, 0.2) is 54.6 Å². The zero-order valence-electron chi connectivity index (χ0n) is 59.6. The van der Waals surface area contributed by atoms with Gasteiger partial charge in [-0.25, -0.2) is 19.1 Å². The quantitative estimate of drug-likeness (QED) is 0.0459. The predicted octanol–water partition coefficient (Wildman–Crippen LogP) is 13.9. The van der Waals surface area contributed by atoms with E-state index in [1.165, 1.54) is 191 Å². The third-order valence-electron chi connectivity index (χ3n) is 21.1. The number of halogens is 8. The summed E-state index contributed by atoms with van der Waals surface area (Å²) >= 11 is 0.0139. The fourth-order valence-electron chi connectivity index (χ4n) is 15.4. The monoisotopic (exact) mass is 1640 g/mol. The average molecular weight is 1640 g/mol. The van der Waals surface area contributed by atoms with E-state index in [0.29, 0.717) is 83.9 Å². The molecule has 27 heteroatoms. The summed E-state index contributed by atoms with van der Waals surface area (Å²) in [5, 5.41) is 30.5. The minimum atomic E-state index is -0.127. The van der Waals surface area contributed by atoms with Gasteiger partial charge in [0.2, 0.25) is 0 Å². The van der Waals surface area contributed by atoms with Gasteiger partial charge in [0.25, 0.3) is 0 Å². The molecule has 10 unspecified atom stereocenters. The molecule has 6 aliphatic carbocycles. The van der Waals surface area contributed by atoms with Crippen LogP contribution in [-0.2, 0) is 26.3 Å². The van der Waals surface area contributed by atoms with Crippen LogP contribution in [-0.4, -0.2) is 173 Å². The molecule has 14 atom stereocenters. The van der Waals surface area contributed by atoms with Crippen molar-refractivity contribution >= 4 is 113 Å². The molecule has 11 rings (SSSR count). The maximum atomic E-state index is 10.8. The van der Waals surface area contributed by atoms with Crippen molar-refractivity contribution in [3.8, 4) is 0 Å². The Balaban J connectivity index is 0.00000130. The number of nitrogens with one attached hydrogen (secondary N) is 8. The Morgan fingerprint density at radius 3 is 1.12 bits per heavy atom. The van der Waals surface area contributed by atoms with Gasteiger partial charge in [-0.1, -0.05) is 97.3 Å². The fourth-order valence-corrected chi connectivity index (χ4v) is 15.4. The van der Waals surface area contributed by atoms with Crippen LogP contribution in [0.25, 0.3) is 0 Å². The molecule has 4 bridgehead atoms. The molecule has 2 aliphatic heterocycles. The van der Waals surface area contributed by atoms with Crippen LogP contribution in [0.1, 0.15) is 266 Å². The Bertz CT molecular complexity index is 2610. The number of likely N-dealkylation sites (N-methyl/N-ethyl adjacent to an activating group) is 2. The molecule has 0 radical (unpaired) electrons. The number of carbonyl (C=O) groups is 2. The SMILES string of the molecule is C.C.CC(=O)c1cccc(C(C)=O)n1.CC1=[N+](C)C2CCCCC2NCCNC2CCCCC2[N+](C)=C(C)c2cccc1n2.C[C@@H]1NC2CCCCC2NCCNC2CCCCC2N[C@@H](C)c2cccc1n2.Cl.Cl.Cl.Cl.N[C@@H]1CCCCC1NCCNC1CCCC[C@H]1N.[Cl][Mn][Cl].[Cl][Mn][Cl]. The van der Waals surface area contributed by atoms with Gasteiger partial charge in [0, 0.05) is 140 Å². The molecule has 5 heterocycles. The first-order chi connectivity index (χ1) is 45.5. The number of aromatic nitrogens is 3. The van der Waals surface area contributed by atoms with E-state index in [2.05, 4.69) is 135 Å². The number of nitrogens with two attached hydrogens (primary N) is 2.